The molecule has 298 valence electrons. The van der Waals surface area contributed by atoms with E-state index in [-0.39, 0.29) is 21.7 Å². The second-order valence-corrected chi connectivity index (χ2v) is 48.0. The van der Waals surface area contributed by atoms with Gasteiger partial charge in [-0.1, -0.05) is 0 Å². The number of aryl methyl sites for hydroxylation is 1. The summed E-state index contributed by atoms with van der Waals surface area (Å²) < 4.78 is 40.5. The van der Waals surface area contributed by atoms with Crippen LogP contribution in [-0.4, -0.2) is 67.6 Å². The van der Waals surface area contributed by atoms with E-state index in [1.165, 1.54) is 119 Å². The van der Waals surface area contributed by atoms with Gasteiger partial charge in [-0.3, -0.25) is 0 Å². The molecule has 7 heteroatoms. The number of carbonyl (C=O) groups excluding carboxylic acids is 1. The summed E-state index contributed by atoms with van der Waals surface area (Å²) in [7, 11) is -3.90. The molecule has 2 aliphatic rings. The van der Waals surface area contributed by atoms with E-state index in [1.807, 2.05) is 25.1 Å². The summed E-state index contributed by atoms with van der Waals surface area (Å²) in [6, 6.07) is 7.29. The molecule has 2 atom stereocenters. The molecule has 0 saturated carbocycles. The summed E-state index contributed by atoms with van der Waals surface area (Å²) in [5.74, 6) is -0.194. The SMILES string of the molecule is CCC[CH2][Sn]([CH2]CCC)([CH2]CCC)[CH2]CC[C@H]1CCC[C@@]2(CC[CH2][Sn]([CH2]CCC)([CH2]CCC)[CH2]CCC)C=C(S(=O)(=O)c3ccc(C)cc3)C(=O)N12. The van der Waals surface area contributed by atoms with Crippen molar-refractivity contribution in [3.8, 4) is 0 Å². The monoisotopic (exact) mass is 955 g/mol. The molecular weight excluding hydrogens is 872 g/mol. The number of benzene rings is 1. The van der Waals surface area contributed by atoms with Gasteiger partial charge in [-0.05, 0) is 0 Å². The van der Waals surface area contributed by atoms with E-state index in [0.717, 1.165) is 44.1 Å². The molecular formula is C45H81NO3SSn2. The second-order valence-electron chi connectivity index (χ2n) is 17.5. The summed E-state index contributed by atoms with van der Waals surface area (Å²) in [4.78, 5) is 17.2. The van der Waals surface area contributed by atoms with Crippen LogP contribution in [0.15, 0.2) is 40.1 Å². The Kier molecular flexibility index (Phi) is 20.7. The molecule has 0 N–H and O–H groups in total. The molecule has 1 saturated heterocycles. The van der Waals surface area contributed by atoms with Crippen LogP contribution in [-0.2, 0) is 14.6 Å². The Morgan fingerprint density at radius 1 is 0.654 bits per heavy atom. The fraction of sp³-hybridized carbons (Fsp3) is 0.800. The van der Waals surface area contributed by atoms with Crippen LogP contribution >= 0.6 is 0 Å². The molecule has 52 heavy (non-hydrogen) atoms. The fourth-order valence-electron chi connectivity index (χ4n) is 10.1. The molecule has 0 unspecified atom stereocenters. The van der Waals surface area contributed by atoms with E-state index in [4.69, 9.17) is 0 Å². The molecule has 0 spiro atoms. The number of sulfone groups is 1. The molecule has 0 aromatic heterocycles. The van der Waals surface area contributed by atoms with E-state index in [9.17, 15) is 13.2 Å². The van der Waals surface area contributed by atoms with E-state index < -0.39 is 52.1 Å². The van der Waals surface area contributed by atoms with Crippen LogP contribution in [0.4, 0.5) is 0 Å². The summed E-state index contributed by atoms with van der Waals surface area (Å²) in [5.41, 5.74) is 0.583. The minimum atomic E-state index is -3.90. The van der Waals surface area contributed by atoms with Crippen molar-refractivity contribution in [2.45, 2.75) is 222 Å². The van der Waals surface area contributed by atoms with Gasteiger partial charge in [-0.25, -0.2) is 0 Å². The third kappa shape index (κ3) is 12.7. The van der Waals surface area contributed by atoms with Crippen molar-refractivity contribution in [3.63, 3.8) is 0 Å². The van der Waals surface area contributed by atoms with Crippen LogP contribution < -0.4 is 0 Å². The van der Waals surface area contributed by atoms with Gasteiger partial charge >= 0.3 is 334 Å². The third-order valence-corrected chi connectivity index (χ3v) is 47.4. The normalized spacial score (nSPS) is 19.7. The van der Waals surface area contributed by atoms with E-state index >= 15 is 0 Å². The summed E-state index contributed by atoms with van der Waals surface area (Å²) in [5, 5.41) is 0. The third-order valence-electron chi connectivity index (χ3n) is 13.4. The van der Waals surface area contributed by atoms with Gasteiger partial charge in [0.25, 0.3) is 0 Å². The number of hydrogen-bond donors (Lipinski definition) is 0. The van der Waals surface area contributed by atoms with Crippen LogP contribution in [0.5, 0.6) is 0 Å². The molecule has 1 fully saturated rings. The van der Waals surface area contributed by atoms with Crippen molar-refractivity contribution in [1.82, 2.24) is 4.90 Å². The van der Waals surface area contributed by atoms with Crippen molar-refractivity contribution >= 4 is 52.5 Å². The van der Waals surface area contributed by atoms with Gasteiger partial charge in [0.1, 0.15) is 0 Å². The molecule has 2 heterocycles. The van der Waals surface area contributed by atoms with Crippen LogP contribution in [0, 0.1) is 6.92 Å². The molecule has 0 bridgehead atoms. The molecule has 3 rings (SSSR count). The van der Waals surface area contributed by atoms with Crippen molar-refractivity contribution in [2.24, 2.45) is 0 Å². The average molecular weight is 954 g/mol. The molecule has 0 radical (unpaired) electrons. The number of nitrogens with zero attached hydrogens (tertiary/aromatic N) is 1. The van der Waals surface area contributed by atoms with Gasteiger partial charge in [0.15, 0.2) is 0 Å². The Balaban J connectivity index is 1.95. The van der Waals surface area contributed by atoms with Gasteiger partial charge in [0, 0.05) is 0 Å². The zero-order valence-corrected chi connectivity index (χ0v) is 41.7. The quantitative estimate of drug-likeness (QED) is 0.0787. The second kappa shape index (κ2) is 23.3. The first-order valence-electron chi connectivity index (χ1n) is 22.4. The minimum absolute atomic E-state index is 0.0725. The number of unbranched alkanes of at least 4 members (excludes halogenated alkanes) is 6. The Morgan fingerprint density at radius 3 is 1.52 bits per heavy atom. The van der Waals surface area contributed by atoms with Gasteiger partial charge in [0.2, 0.25) is 0 Å². The van der Waals surface area contributed by atoms with Crippen molar-refractivity contribution in [3.05, 3.63) is 40.8 Å². The van der Waals surface area contributed by atoms with Crippen LogP contribution in [0.2, 0.25) is 35.5 Å². The average Bonchev–Trinajstić information content (AvgIpc) is 3.46. The predicted octanol–water partition coefficient (Wildman–Crippen LogP) is 14.0. The molecule has 2 aliphatic heterocycles. The maximum atomic E-state index is 14.7. The van der Waals surface area contributed by atoms with E-state index in [1.54, 1.807) is 12.1 Å². The Labute approximate surface area is 331 Å². The zero-order valence-electron chi connectivity index (χ0n) is 35.1. The molecule has 1 aromatic rings. The van der Waals surface area contributed by atoms with Gasteiger partial charge in [0.05, 0.1) is 0 Å². The number of piperidine rings is 1. The zero-order chi connectivity index (χ0) is 38.1. The topological polar surface area (TPSA) is 54.5 Å². The van der Waals surface area contributed by atoms with Crippen LogP contribution in [0.1, 0.15) is 169 Å². The Bertz CT molecular complexity index is 1280. The first-order chi connectivity index (χ1) is 25.0. The standard InChI is InChI=1S/C21H27NO3S.6C4H9.2Sn/c1-4-7-17-8-6-14-21(13-5-2)15-19(20(23)22(17)21)26(24,25)18-11-9-16(3)10-12-18;6*1-3-4-2;;/h9-12,15,17H,1-2,4-8,13-14H2,3H3;6*1,3-4H2,2H3;;/t17-,21-;;;;;;;;/m0......../s1. The molecule has 1 aromatic carbocycles. The van der Waals surface area contributed by atoms with Crippen LogP contribution in [0.25, 0.3) is 0 Å². The summed E-state index contributed by atoms with van der Waals surface area (Å²) in [6.45, 7) is 16.1. The molecule has 1 amide bonds. The predicted molar refractivity (Wildman–Crippen MR) is 232 cm³/mol. The first kappa shape index (κ1) is 46.4. The number of carbonyl (C=O) groups is 1. The maximum absolute atomic E-state index is 14.7. The first-order valence-corrected chi connectivity index (χ1v) is 40.0. The van der Waals surface area contributed by atoms with Crippen molar-refractivity contribution in [1.29, 1.82) is 0 Å². The molecule has 0 aliphatic carbocycles. The fourth-order valence-corrected chi connectivity index (χ4v) is 44.4. The Hall–Kier alpha value is -0.0226. The van der Waals surface area contributed by atoms with Crippen molar-refractivity contribution in [2.75, 3.05) is 0 Å². The van der Waals surface area contributed by atoms with Gasteiger partial charge < -0.3 is 0 Å². The number of rotatable bonds is 28. The number of amides is 1. The van der Waals surface area contributed by atoms with E-state index in [0.29, 0.717) is 0 Å². The van der Waals surface area contributed by atoms with E-state index in [2.05, 4.69) is 46.4 Å². The van der Waals surface area contributed by atoms with Crippen LogP contribution in [0.3, 0.4) is 0 Å². The number of fused-ring (bicyclic) bond motifs is 1. The number of hydrogen-bond acceptors (Lipinski definition) is 3. The molecule has 4 nitrogen and oxygen atoms in total. The van der Waals surface area contributed by atoms with Crippen molar-refractivity contribution < 1.29 is 13.2 Å². The summed E-state index contributed by atoms with van der Waals surface area (Å²) in [6.07, 6.45) is 25.5. The van der Waals surface area contributed by atoms with Gasteiger partial charge in [-0.15, -0.1) is 0 Å². The van der Waals surface area contributed by atoms with Gasteiger partial charge in [-0.2, -0.15) is 0 Å². The Morgan fingerprint density at radius 2 is 1.08 bits per heavy atom. The summed E-state index contributed by atoms with van der Waals surface area (Å²) >= 11 is -4.68.